The van der Waals surface area contributed by atoms with Gasteiger partial charge in [0.15, 0.2) is 5.82 Å². The first-order chi connectivity index (χ1) is 14.7. The van der Waals surface area contributed by atoms with Gasteiger partial charge in [0, 0.05) is 49.1 Å². The number of nitrogens with one attached hydrogen (secondary N) is 5. The average Bonchev–Trinajstić information content (AvgIpc) is 3.18. The lowest BCUT2D eigenvalue weighted by Crippen LogP contribution is -2.10. The Labute approximate surface area is 173 Å². The van der Waals surface area contributed by atoms with Gasteiger partial charge in [-0.25, -0.2) is 0 Å². The molecular formula is C20H22N10. The highest BCUT2D eigenvalue weighted by molar-refractivity contribution is 5.60. The number of benzene rings is 1. The van der Waals surface area contributed by atoms with Crippen molar-refractivity contribution in [2.45, 2.75) is 13.5 Å². The van der Waals surface area contributed by atoms with Gasteiger partial charge in [0.2, 0.25) is 17.8 Å². The molecule has 0 bridgehead atoms. The molecule has 10 nitrogen and oxygen atoms in total. The highest BCUT2D eigenvalue weighted by Crippen LogP contribution is 2.20. The Balaban J connectivity index is 1.57. The molecule has 0 fully saturated rings. The number of pyridine rings is 1. The second kappa shape index (κ2) is 8.86. The maximum atomic E-state index is 4.48. The van der Waals surface area contributed by atoms with Gasteiger partial charge < -0.3 is 21.3 Å². The molecule has 152 valence electrons. The summed E-state index contributed by atoms with van der Waals surface area (Å²) in [5, 5.41) is 19.7. The standard InChI is InChI=1S/C20H22N10/c1-13-10-17(30-29-13)25-20-27-18(23-12-14-4-3-9-22-11-14)26-19(28-20)24-16-7-5-15(21-2)6-8-16/h3-11,21H,12H2,1-2H3,(H4,23,24,25,26,27,28,29,30). The van der Waals surface area contributed by atoms with E-state index in [1.54, 1.807) is 12.4 Å². The zero-order chi connectivity index (χ0) is 20.8. The Morgan fingerprint density at radius 2 is 1.63 bits per heavy atom. The lowest BCUT2D eigenvalue weighted by atomic mass is 10.3. The van der Waals surface area contributed by atoms with Crippen LogP contribution in [0.1, 0.15) is 11.3 Å². The highest BCUT2D eigenvalue weighted by Gasteiger charge is 2.09. The van der Waals surface area contributed by atoms with Gasteiger partial charge in [0.25, 0.3) is 0 Å². The van der Waals surface area contributed by atoms with E-state index < -0.39 is 0 Å². The van der Waals surface area contributed by atoms with Crippen LogP contribution in [0.3, 0.4) is 0 Å². The molecule has 10 heteroatoms. The molecule has 0 radical (unpaired) electrons. The minimum atomic E-state index is 0.375. The largest absolute Gasteiger partial charge is 0.388 e. The minimum Gasteiger partial charge on any atom is -0.388 e. The number of aromatic amines is 1. The summed E-state index contributed by atoms with van der Waals surface area (Å²) < 4.78 is 0. The van der Waals surface area contributed by atoms with E-state index in [2.05, 4.69) is 51.4 Å². The van der Waals surface area contributed by atoms with E-state index in [4.69, 9.17) is 0 Å². The van der Waals surface area contributed by atoms with Crippen LogP contribution in [0.15, 0.2) is 54.9 Å². The third kappa shape index (κ3) is 4.98. The van der Waals surface area contributed by atoms with Crippen LogP contribution in [0.4, 0.5) is 35.0 Å². The van der Waals surface area contributed by atoms with Crippen LogP contribution in [-0.4, -0.2) is 37.2 Å². The zero-order valence-corrected chi connectivity index (χ0v) is 16.6. The van der Waals surface area contributed by atoms with Crippen LogP contribution >= 0.6 is 0 Å². The smallest absolute Gasteiger partial charge is 0.235 e. The summed E-state index contributed by atoms with van der Waals surface area (Å²) in [6, 6.07) is 13.6. The molecule has 0 amide bonds. The van der Waals surface area contributed by atoms with Crippen LogP contribution in [-0.2, 0) is 6.54 Å². The maximum Gasteiger partial charge on any atom is 0.235 e. The maximum absolute atomic E-state index is 4.48. The zero-order valence-electron chi connectivity index (χ0n) is 16.6. The topological polar surface area (TPSA) is 128 Å². The first-order valence-electron chi connectivity index (χ1n) is 9.41. The Kier molecular flexibility index (Phi) is 5.65. The summed E-state index contributed by atoms with van der Waals surface area (Å²) in [5.74, 6) is 1.84. The van der Waals surface area contributed by atoms with Crippen molar-refractivity contribution in [2.75, 3.05) is 28.3 Å². The molecule has 1 aromatic carbocycles. The van der Waals surface area contributed by atoms with Crippen LogP contribution < -0.4 is 21.3 Å². The highest BCUT2D eigenvalue weighted by atomic mass is 15.3. The summed E-state index contributed by atoms with van der Waals surface area (Å²) >= 11 is 0. The van der Waals surface area contributed by atoms with Gasteiger partial charge in [-0.3, -0.25) is 10.1 Å². The average molecular weight is 402 g/mol. The fourth-order valence-electron chi connectivity index (χ4n) is 2.70. The predicted octanol–water partition coefficient (Wildman–Crippen LogP) is 3.44. The van der Waals surface area contributed by atoms with E-state index in [9.17, 15) is 0 Å². The fraction of sp³-hybridized carbons (Fsp3) is 0.150. The third-order valence-corrected chi connectivity index (χ3v) is 4.18. The molecule has 0 spiro atoms. The summed E-state index contributed by atoms with van der Waals surface area (Å²) in [6.45, 7) is 2.46. The SMILES string of the molecule is CNc1ccc(Nc2nc(NCc3cccnc3)nc(Nc3cc(C)[nH]n3)n2)cc1. The first-order valence-corrected chi connectivity index (χ1v) is 9.41. The van der Waals surface area contributed by atoms with E-state index in [1.807, 2.05) is 56.4 Å². The molecule has 0 aliphatic rings. The van der Waals surface area contributed by atoms with E-state index in [1.165, 1.54) is 0 Å². The molecular weight excluding hydrogens is 380 g/mol. The molecule has 3 aromatic heterocycles. The summed E-state index contributed by atoms with van der Waals surface area (Å²) in [7, 11) is 1.88. The van der Waals surface area contributed by atoms with Gasteiger partial charge >= 0.3 is 0 Å². The Morgan fingerprint density at radius 3 is 2.30 bits per heavy atom. The molecule has 0 atom stereocenters. The molecule has 0 saturated carbocycles. The van der Waals surface area contributed by atoms with E-state index >= 15 is 0 Å². The number of hydrogen-bond donors (Lipinski definition) is 5. The van der Waals surface area contributed by atoms with E-state index in [0.717, 1.165) is 22.6 Å². The number of aryl methyl sites for hydroxylation is 1. The second-order valence-corrected chi connectivity index (χ2v) is 6.53. The number of H-pyrrole nitrogens is 1. The van der Waals surface area contributed by atoms with Gasteiger partial charge in [-0.15, -0.1) is 0 Å². The van der Waals surface area contributed by atoms with Gasteiger partial charge in [-0.2, -0.15) is 20.1 Å². The van der Waals surface area contributed by atoms with Crippen molar-refractivity contribution in [2.24, 2.45) is 0 Å². The first kappa shape index (κ1) is 19.1. The Morgan fingerprint density at radius 1 is 0.900 bits per heavy atom. The summed E-state index contributed by atoms with van der Waals surface area (Å²) in [5.41, 5.74) is 3.84. The molecule has 30 heavy (non-hydrogen) atoms. The lowest BCUT2D eigenvalue weighted by Gasteiger charge is -2.11. The molecule has 4 aromatic rings. The quantitative estimate of drug-likeness (QED) is 0.301. The number of nitrogens with zero attached hydrogens (tertiary/aromatic N) is 5. The molecule has 0 aliphatic heterocycles. The van der Waals surface area contributed by atoms with Crippen LogP contribution in [0.25, 0.3) is 0 Å². The summed E-state index contributed by atoms with van der Waals surface area (Å²) in [4.78, 5) is 17.5. The number of anilines is 6. The summed E-state index contributed by atoms with van der Waals surface area (Å²) in [6.07, 6.45) is 3.53. The molecule has 0 aliphatic carbocycles. The molecule has 0 saturated heterocycles. The molecule has 4 rings (SSSR count). The Bertz CT molecular complexity index is 1090. The van der Waals surface area contributed by atoms with Gasteiger partial charge in [0.05, 0.1) is 0 Å². The predicted molar refractivity (Wildman–Crippen MR) is 117 cm³/mol. The van der Waals surface area contributed by atoms with E-state index in [0.29, 0.717) is 30.2 Å². The minimum absolute atomic E-state index is 0.375. The van der Waals surface area contributed by atoms with Gasteiger partial charge in [-0.05, 0) is 42.8 Å². The number of hydrogen-bond acceptors (Lipinski definition) is 9. The van der Waals surface area contributed by atoms with Gasteiger partial charge in [-0.1, -0.05) is 6.07 Å². The third-order valence-electron chi connectivity index (χ3n) is 4.18. The molecule has 0 unspecified atom stereocenters. The van der Waals surface area contributed by atoms with Crippen molar-refractivity contribution in [1.29, 1.82) is 0 Å². The van der Waals surface area contributed by atoms with Crippen molar-refractivity contribution < 1.29 is 0 Å². The van der Waals surface area contributed by atoms with Crippen molar-refractivity contribution in [3.05, 3.63) is 66.1 Å². The van der Waals surface area contributed by atoms with Crippen LogP contribution in [0.2, 0.25) is 0 Å². The van der Waals surface area contributed by atoms with Crippen molar-refractivity contribution in [3.8, 4) is 0 Å². The lowest BCUT2D eigenvalue weighted by molar-refractivity contribution is 0.998. The molecule has 3 heterocycles. The monoisotopic (exact) mass is 402 g/mol. The Hall–Kier alpha value is -4.21. The number of rotatable bonds is 8. The fourth-order valence-corrected chi connectivity index (χ4v) is 2.70. The van der Waals surface area contributed by atoms with Crippen molar-refractivity contribution in [1.82, 2.24) is 30.1 Å². The van der Waals surface area contributed by atoms with E-state index in [-0.39, 0.29) is 0 Å². The second-order valence-electron chi connectivity index (χ2n) is 6.53. The van der Waals surface area contributed by atoms with Gasteiger partial charge in [0.1, 0.15) is 0 Å². The molecule has 5 N–H and O–H groups in total. The van der Waals surface area contributed by atoms with Crippen LogP contribution in [0, 0.1) is 6.92 Å². The van der Waals surface area contributed by atoms with Crippen molar-refractivity contribution >= 4 is 35.0 Å². The number of aromatic nitrogens is 6. The van der Waals surface area contributed by atoms with Crippen LogP contribution in [0.5, 0.6) is 0 Å². The van der Waals surface area contributed by atoms with Crippen molar-refractivity contribution in [3.63, 3.8) is 0 Å². The normalized spacial score (nSPS) is 10.5.